The molecular weight excluding hydrogens is 246 g/mol. The molecule has 2 N–H and O–H groups in total. The van der Waals surface area contributed by atoms with E-state index in [0.29, 0.717) is 6.42 Å². The third-order valence-electron chi connectivity index (χ3n) is 3.66. The van der Waals surface area contributed by atoms with Gasteiger partial charge in [0.25, 0.3) is 0 Å². The summed E-state index contributed by atoms with van der Waals surface area (Å²) in [4.78, 5) is 12.3. The van der Waals surface area contributed by atoms with E-state index < -0.39 is 5.54 Å². The number of ketones is 1. The zero-order valence-corrected chi connectivity index (χ0v) is 11.9. The summed E-state index contributed by atoms with van der Waals surface area (Å²) in [7, 11) is 0. The van der Waals surface area contributed by atoms with Crippen LogP contribution in [0.4, 0.5) is 0 Å². The molecule has 0 amide bonds. The Morgan fingerprint density at radius 2 is 1.55 bits per heavy atom. The van der Waals surface area contributed by atoms with Crippen molar-refractivity contribution in [2.75, 3.05) is 0 Å². The molecule has 1 atom stereocenters. The van der Waals surface area contributed by atoms with Gasteiger partial charge in [-0.2, -0.15) is 0 Å². The van der Waals surface area contributed by atoms with E-state index in [9.17, 15) is 4.79 Å². The molecule has 0 radical (unpaired) electrons. The van der Waals surface area contributed by atoms with Crippen molar-refractivity contribution in [3.8, 4) is 0 Å². The van der Waals surface area contributed by atoms with Crippen molar-refractivity contribution in [2.24, 2.45) is 5.73 Å². The van der Waals surface area contributed by atoms with Crippen LogP contribution >= 0.6 is 0 Å². The molecule has 0 spiro atoms. The van der Waals surface area contributed by atoms with E-state index in [1.54, 1.807) is 6.92 Å². The molecule has 0 heterocycles. The highest BCUT2D eigenvalue weighted by Gasteiger charge is 2.29. The third kappa shape index (κ3) is 3.55. The molecule has 1 unspecified atom stereocenters. The lowest BCUT2D eigenvalue weighted by Crippen LogP contribution is -2.41. The first-order valence-corrected chi connectivity index (χ1v) is 7.02. The van der Waals surface area contributed by atoms with Gasteiger partial charge in [0.2, 0.25) is 0 Å². The van der Waals surface area contributed by atoms with Gasteiger partial charge in [-0.3, -0.25) is 4.79 Å². The Kier molecular flexibility index (Phi) is 4.70. The molecule has 0 aliphatic carbocycles. The molecule has 20 heavy (non-hydrogen) atoms. The van der Waals surface area contributed by atoms with Crippen molar-refractivity contribution in [1.82, 2.24) is 0 Å². The average molecular weight is 267 g/mol. The van der Waals surface area contributed by atoms with Gasteiger partial charge >= 0.3 is 0 Å². The molecule has 2 rings (SSSR count). The highest BCUT2D eigenvalue weighted by atomic mass is 16.1. The molecule has 104 valence electrons. The Bertz CT molecular complexity index is 546. The van der Waals surface area contributed by atoms with E-state index >= 15 is 0 Å². The summed E-state index contributed by atoms with van der Waals surface area (Å²) in [6.45, 7) is 1.80. The minimum atomic E-state index is -0.891. The second kappa shape index (κ2) is 6.49. The summed E-state index contributed by atoms with van der Waals surface area (Å²) in [5.74, 6) is 0.0969. The van der Waals surface area contributed by atoms with Crippen molar-refractivity contribution in [2.45, 2.75) is 31.7 Å². The van der Waals surface area contributed by atoms with Crippen LogP contribution in [0.3, 0.4) is 0 Å². The van der Waals surface area contributed by atoms with E-state index in [0.717, 1.165) is 18.4 Å². The van der Waals surface area contributed by atoms with E-state index in [1.807, 2.05) is 48.5 Å². The minimum absolute atomic E-state index is 0.0969. The van der Waals surface area contributed by atoms with Gasteiger partial charge < -0.3 is 5.73 Å². The van der Waals surface area contributed by atoms with Crippen LogP contribution in [0.1, 0.15) is 30.9 Å². The smallest absolute Gasteiger partial charge is 0.156 e. The molecule has 0 aromatic heterocycles. The predicted octanol–water partition coefficient (Wildman–Crippen LogP) is 3.45. The monoisotopic (exact) mass is 267 g/mol. The summed E-state index contributed by atoms with van der Waals surface area (Å²) in [5, 5.41) is 0. The third-order valence-corrected chi connectivity index (χ3v) is 3.66. The number of hydrogen-bond donors (Lipinski definition) is 1. The molecule has 2 nitrogen and oxygen atoms in total. The first-order chi connectivity index (χ1) is 9.60. The molecule has 0 saturated carbocycles. The number of benzene rings is 2. The fourth-order valence-electron chi connectivity index (χ4n) is 2.30. The average Bonchev–Trinajstić information content (AvgIpc) is 2.49. The van der Waals surface area contributed by atoms with Gasteiger partial charge in [-0.1, -0.05) is 60.7 Å². The maximum Gasteiger partial charge on any atom is 0.156 e. The normalized spacial score (nSPS) is 13.7. The van der Waals surface area contributed by atoms with Gasteiger partial charge in [0.15, 0.2) is 5.78 Å². The summed E-state index contributed by atoms with van der Waals surface area (Å²) < 4.78 is 0. The van der Waals surface area contributed by atoms with E-state index in [1.165, 1.54) is 5.56 Å². The standard InChI is InChI=1S/C18H21NO/c1-18(19,16-12-6-3-7-13-16)17(20)14-8-11-15-9-4-2-5-10-15/h2-7,9-10,12-13H,8,11,14,19H2,1H3. The zero-order valence-electron chi connectivity index (χ0n) is 11.9. The lowest BCUT2D eigenvalue weighted by molar-refractivity contribution is -0.124. The fourth-order valence-corrected chi connectivity index (χ4v) is 2.30. The van der Waals surface area contributed by atoms with Crippen molar-refractivity contribution in [3.05, 3.63) is 71.8 Å². The highest BCUT2D eigenvalue weighted by Crippen LogP contribution is 2.21. The number of aryl methyl sites for hydroxylation is 1. The van der Waals surface area contributed by atoms with Gasteiger partial charge in [-0.15, -0.1) is 0 Å². The van der Waals surface area contributed by atoms with Gasteiger partial charge in [0.1, 0.15) is 0 Å². The van der Waals surface area contributed by atoms with Gasteiger partial charge in [-0.05, 0) is 30.9 Å². The Hall–Kier alpha value is -1.93. The molecule has 0 fully saturated rings. The van der Waals surface area contributed by atoms with Gasteiger partial charge in [0, 0.05) is 6.42 Å². The number of Topliss-reactive ketones (excluding diaryl/α,β-unsaturated/α-hetero) is 1. The van der Waals surface area contributed by atoms with Crippen LogP contribution in [-0.4, -0.2) is 5.78 Å². The fraction of sp³-hybridized carbons (Fsp3) is 0.278. The minimum Gasteiger partial charge on any atom is -0.315 e. The topological polar surface area (TPSA) is 43.1 Å². The van der Waals surface area contributed by atoms with Crippen LogP contribution < -0.4 is 5.73 Å². The van der Waals surface area contributed by atoms with E-state index in [2.05, 4.69) is 12.1 Å². The molecule has 2 aromatic carbocycles. The quantitative estimate of drug-likeness (QED) is 0.871. The number of carbonyl (C=O) groups is 1. The first-order valence-electron chi connectivity index (χ1n) is 7.02. The molecule has 0 saturated heterocycles. The van der Waals surface area contributed by atoms with Crippen LogP contribution in [0, 0.1) is 0 Å². The Morgan fingerprint density at radius 1 is 1.00 bits per heavy atom. The summed E-state index contributed by atoms with van der Waals surface area (Å²) in [5.41, 5.74) is 7.46. The Morgan fingerprint density at radius 3 is 2.15 bits per heavy atom. The Balaban J connectivity index is 1.91. The van der Waals surface area contributed by atoms with Crippen molar-refractivity contribution in [3.63, 3.8) is 0 Å². The molecule has 2 aromatic rings. The molecular formula is C18H21NO. The van der Waals surface area contributed by atoms with Crippen molar-refractivity contribution in [1.29, 1.82) is 0 Å². The predicted molar refractivity (Wildman–Crippen MR) is 82.4 cm³/mol. The van der Waals surface area contributed by atoms with Gasteiger partial charge in [-0.25, -0.2) is 0 Å². The second-order valence-electron chi connectivity index (χ2n) is 5.33. The van der Waals surface area contributed by atoms with E-state index in [-0.39, 0.29) is 5.78 Å². The largest absolute Gasteiger partial charge is 0.315 e. The van der Waals surface area contributed by atoms with Crippen LogP contribution in [0.15, 0.2) is 60.7 Å². The molecule has 2 heteroatoms. The Labute approximate surface area is 120 Å². The maximum atomic E-state index is 12.3. The van der Waals surface area contributed by atoms with E-state index in [4.69, 9.17) is 5.73 Å². The highest BCUT2D eigenvalue weighted by molar-refractivity contribution is 5.88. The molecule has 0 bridgehead atoms. The first kappa shape index (κ1) is 14.5. The summed E-state index contributed by atoms with van der Waals surface area (Å²) in [6, 6.07) is 19.8. The molecule has 0 aliphatic rings. The summed E-state index contributed by atoms with van der Waals surface area (Å²) in [6.07, 6.45) is 2.26. The lowest BCUT2D eigenvalue weighted by Gasteiger charge is -2.23. The summed E-state index contributed by atoms with van der Waals surface area (Å²) >= 11 is 0. The van der Waals surface area contributed by atoms with Crippen LogP contribution in [0.25, 0.3) is 0 Å². The molecule has 0 aliphatic heterocycles. The van der Waals surface area contributed by atoms with Crippen LogP contribution in [0.5, 0.6) is 0 Å². The number of rotatable bonds is 6. The number of hydrogen-bond acceptors (Lipinski definition) is 2. The lowest BCUT2D eigenvalue weighted by atomic mass is 9.86. The van der Waals surface area contributed by atoms with Crippen molar-refractivity contribution < 1.29 is 4.79 Å². The van der Waals surface area contributed by atoms with Gasteiger partial charge in [0.05, 0.1) is 5.54 Å². The SMILES string of the molecule is CC(N)(C(=O)CCCc1ccccc1)c1ccccc1. The maximum absolute atomic E-state index is 12.3. The number of carbonyl (C=O) groups excluding carboxylic acids is 1. The number of nitrogens with two attached hydrogens (primary N) is 1. The van der Waals surface area contributed by atoms with Crippen LogP contribution in [-0.2, 0) is 16.8 Å². The zero-order chi connectivity index (χ0) is 14.4. The second-order valence-corrected chi connectivity index (χ2v) is 5.33. The van der Waals surface area contributed by atoms with Crippen molar-refractivity contribution >= 4 is 5.78 Å². The van der Waals surface area contributed by atoms with Crippen LogP contribution in [0.2, 0.25) is 0 Å².